The van der Waals surface area contributed by atoms with Crippen LogP contribution in [-0.2, 0) is 20.2 Å². The van der Waals surface area contributed by atoms with Crippen molar-refractivity contribution < 1.29 is 5.11 Å². The van der Waals surface area contributed by atoms with Crippen LogP contribution in [0.25, 0.3) is 11.0 Å². The molecule has 0 unspecified atom stereocenters. The van der Waals surface area contributed by atoms with Gasteiger partial charge in [-0.25, -0.2) is 4.98 Å². The van der Waals surface area contributed by atoms with Gasteiger partial charge in [0, 0.05) is 18.9 Å². The van der Waals surface area contributed by atoms with Gasteiger partial charge in [-0.15, -0.1) is 0 Å². The maximum absolute atomic E-state index is 9.45. The third kappa shape index (κ3) is 1.96. The van der Waals surface area contributed by atoms with Crippen molar-refractivity contribution in [3.8, 4) is 0 Å². The number of hydrogen-bond donors (Lipinski definition) is 2. The van der Waals surface area contributed by atoms with Crippen molar-refractivity contribution in [2.75, 3.05) is 5.73 Å². The Hall–Kier alpha value is -2.34. The first kappa shape index (κ1) is 11.7. The van der Waals surface area contributed by atoms with Crippen LogP contribution < -0.4 is 5.73 Å². The molecule has 0 aliphatic rings. The molecule has 0 saturated carbocycles. The van der Waals surface area contributed by atoms with E-state index in [1.165, 1.54) is 0 Å². The van der Waals surface area contributed by atoms with E-state index < -0.39 is 0 Å². The number of aliphatic hydroxyl groups is 1. The quantitative estimate of drug-likeness (QED) is 0.683. The maximum atomic E-state index is 9.45. The van der Waals surface area contributed by atoms with Crippen LogP contribution in [-0.4, -0.2) is 24.4 Å². The van der Waals surface area contributed by atoms with Crippen molar-refractivity contribution in [1.82, 2.24) is 19.3 Å². The number of imidazole rings is 1. The molecule has 0 saturated heterocycles. The van der Waals surface area contributed by atoms with Crippen molar-refractivity contribution in [2.24, 2.45) is 7.05 Å². The Morgan fingerprint density at radius 3 is 2.84 bits per heavy atom. The molecule has 98 valence electrons. The zero-order valence-electron chi connectivity index (χ0n) is 10.6. The summed E-state index contributed by atoms with van der Waals surface area (Å²) in [6.07, 6.45) is 1.76. The Kier molecular flexibility index (Phi) is 2.72. The van der Waals surface area contributed by atoms with E-state index in [2.05, 4.69) is 10.1 Å². The summed E-state index contributed by atoms with van der Waals surface area (Å²) >= 11 is 0. The van der Waals surface area contributed by atoms with E-state index in [4.69, 9.17) is 5.73 Å². The van der Waals surface area contributed by atoms with Crippen LogP contribution in [0.2, 0.25) is 0 Å². The van der Waals surface area contributed by atoms with Gasteiger partial charge in [0.15, 0.2) is 0 Å². The smallest absolute Gasteiger partial charge is 0.136 e. The Morgan fingerprint density at radius 1 is 1.32 bits per heavy atom. The van der Waals surface area contributed by atoms with E-state index in [9.17, 15) is 5.11 Å². The number of benzene rings is 1. The van der Waals surface area contributed by atoms with Gasteiger partial charge in [0.1, 0.15) is 12.4 Å². The van der Waals surface area contributed by atoms with Crippen molar-refractivity contribution >= 4 is 16.7 Å². The lowest BCUT2D eigenvalue weighted by molar-refractivity contribution is 0.266. The van der Waals surface area contributed by atoms with Gasteiger partial charge in [0.05, 0.1) is 23.3 Å². The first-order valence-electron chi connectivity index (χ1n) is 6.01. The van der Waals surface area contributed by atoms with Crippen LogP contribution in [0.4, 0.5) is 5.69 Å². The molecule has 0 aliphatic carbocycles. The number of anilines is 1. The molecule has 3 N–H and O–H groups in total. The zero-order chi connectivity index (χ0) is 13.4. The monoisotopic (exact) mass is 257 g/mol. The number of hydrogen-bond acceptors (Lipinski definition) is 4. The Labute approximate surface area is 110 Å². The summed E-state index contributed by atoms with van der Waals surface area (Å²) in [7, 11) is 1.89. The minimum absolute atomic E-state index is 0.105. The van der Waals surface area contributed by atoms with Crippen LogP contribution in [0.5, 0.6) is 0 Å². The molecule has 2 heterocycles. The molecule has 0 spiro atoms. The summed E-state index contributed by atoms with van der Waals surface area (Å²) in [5.74, 6) is 0.627. The molecule has 3 rings (SSSR count). The van der Waals surface area contributed by atoms with Crippen molar-refractivity contribution in [3.63, 3.8) is 0 Å². The van der Waals surface area contributed by atoms with E-state index >= 15 is 0 Å². The standard InChI is InChI=1S/C13H15N5O/c1-17-10(4-5-15-17)7-18-12-3-2-9(14)6-11(12)16-13(18)8-19/h2-6,19H,7-8,14H2,1H3. The second kappa shape index (κ2) is 4.40. The fraction of sp³-hybridized carbons (Fsp3) is 0.231. The van der Waals surface area contributed by atoms with Gasteiger partial charge in [-0.2, -0.15) is 5.10 Å². The summed E-state index contributed by atoms with van der Waals surface area (Å²) in [6.45, 7) is 0.513. The molecule has 2 aromatic heterocycles. The van der Waals surface area contributed by atoms with Gasteiger partial charge in [0.2, 0.25) is 0 Å². The number of nitrogens with zero attached hydrogens (tertiary/aromatic N) is 4. The Morgan fingerprint density at radius 2 is 2.16 bits per heavy atom. The second-order valence-electron chi connectivity index (χ2n) is 4.47. The molecule has 19 heavy (non-hydrogen) atoms. The van der Waals surface area contributed by atoms with Crippen molar-refractivity contribution in [1.29, 1.82) is 0 Å². The second-order valence-corrected chi connectivity index (χ2v) is 4.47. The molecule has 0 bridgehead atoms. The van der Waals surface area contributed by atoms with Gasteiger partial charge in [-0.3, -0.25) is 4.68 Å². The van der Waals surface area contributed by atoms with E-state index in [1.54, 1.807) is 6.20 Å². The zero-order valence-corrected chi connectivity index (χ0v) is 10.6. The summed E-state index contributed by atoms with van der Waals surface area (Å²) in [5.41, 5.74) is 9.23. The molecule has 6 nitrogen and oxygen atoms in total. The summed E-state index contributed by atoms with van der Waals surface area (Å²) in [6, 6.07) is 7.52. The lowest BCUT2D eigenvalue weighted by atomic mass is 10.3. The van der Waals surface area contributed by atoms with Crippen LogP contribution in [0.3, 0.4) is 0 Å². The molecule has 1 aromatic carbocycles. The highest BCUT2D eigenvalue weighted by Crippen LogP contribution is 2.20. The summed E-state index contributed by atoms with van der Waals surface area (Å²) in [5, 5.41) is 13.6. The minimum atomic E-state index is -0.105. The van der Waals surface area contributed by atoms with Crippen LogP contribution in [0.1, 0.15) is 11.5 Å². The van der Waals surface area contributed by atoms with Crippen molar-refractivity contribution in [2.45, 2.75) is 13.2 Å². The molecule has 6 heteroatoms. The van der Waals surface area contributed by atoms with Gasteiger partial charge in [-0.05, 0) is 24.3 Å². The highest BCUT2D eigenvalue weighted by Gasteiger charge is 2.11. The van der Waals surface area contributed by atoms with Gasteiger partial charge in [-0.1, -0.05) is 0 Å². The molecule has 0 aliphatic heterocycles. The fourth-order valence-corrected chi connectivity index (χ4v) is 2.21. The fourth-order valence-electron chi connectivity index (χ4n) is 2.21. The third-order valence-corrected chi connectivity index (χ3v) is 3.24. The molecular formula is C13H15N5O. The maximum Gasteiger partial charge on any atom is 0.136 e. The Balaban J connectivity index is 2.13. The van der Waals surface area contributed by atoms with Gasteiger partial charge in [0.25, 0.3) is 0 Å². The van der Waals surface area contributed by atoms with Crippen LogP contribution >= 0.6 is 0 Å². The highest BCUT2D eigenvalue weighted by atomic mass is 16.3. The predicted molar refractivity (Wildman–Crippen MR) is 72.4 cm³/mol. The first-order valence-corrected chi connectivity index (χ1v) is 6.01. The Bertz CT molecular complexity index is 728. The average molecular weight is 257 g/mol. The number of nitrogens with two attached hydrogens (primary N) is 1. The molecule has 0 fully saturated rings. The predicted octanol–water partition coefficient (Wildman–Crippen LogP) is 0.893. The first-order chi connectivity index (χ1) is 9.19. The molecule has 3 aromatic rings. The summed E-state index contributed by atoms with van der Waals surface area (Å²) < 4.78 is 3.79. The molecule has 0 radical (unpaired) electrons. The third-order valence-electron chi connectivity index (χ3n) is 3.24. The SMILES string of the molecule is Cn1nccc1Cn1c(CO)nc2cc(N)ccc21. The lowest BCUT2D eigenvalue weighted by Gasteiger charge is -2.08. The number of aliphatic hydroxyl groups excluding tert-OH is 1. The molecular weight excluding hydrogens is 242 g/mol. The minimum Gasteiger partial charge on any atom is -0.399 e. The van der Waals surface area contributed by atoms with E-state index in [0.717, 1.165) is 16.7 Å². The average Bonchev–Trinajstić information content (AvgIpc) is 2.94. The summed E-state index contributed by atoms with van der Waals surface area (Å²) in [4.78, 5) is 4.41. The number of aryl methyl sites for hydroxylation is 1. The highest BCUT2D eigenvalue weighted by molar-refractivity contribution is 5.79. The normalized spacial score (nSPS) is 11.3. The van der Waals surface area contributed by atoms with Gasteiger partial charge < -0.3 is 15.4 Å². The lowest BCUT2D eigenvalue weighted by Crippen LogP contribution is -2.08. The van der Waals surface area contributed by atoms with Crippen LogP contribution in [0.15, 0.2) is 30.5 Å². The van der Waals surface area contributed by atoms with Gasteiger partial charge >= 0.3 is 0 Å². The number of nitrogen functional groups attached to an aromatic ring is 1. The van der Waals surface area contributed by atoms with Crippen LogP contribution in [0, 0.1) is 0 Å². The van der Waals surface area contributed by atoms with E-state index in [1.807, 2.05) is 40.6 Å². The number of fused-ring (bicyclic) bond motifs is 1. The number of rotatable bonds is 3. The van der Waals surface area contributed by atoms with Crippen molar-refractivity contribution in [3.05, 3.63) is 42.0 Å². The van der Waals surface area contributed by atoms with E-state index in [-0.39, 0.29) is 6.61 Å². The largest absolute Gasteiger partial charge is 0.399 e. The number of aromatic nitrogens is 4. The molecule has 0 amide bonds. The van der Waals surface area contributed by atoms with E-state index in [0.29, 0.717) is 18.1 Å². The molecule has 0 atom stereocenters. The topological polar surface area (TPSA) is 81.9 Å².